The van der Waals surface area contributed by atoms with E-state index in [2.05, 4.69) is 19.3 Å². The Labute approximate surface area is 127 Å². The summed E-state index contributed by atoms with van der Waals surface area (Å²) in [6.07, 6.45) is 16.9. The molecule has 1 aliphatic heterocycles. The van der Waals surface area contributed by atoms with Gasteiger partial charge in [-0.15, -0.1) is 0 Å². The molecule has 0 spiro atoms. The first-order valence-corrected chi connectivity index (χ1v) is 9.05. The van der Waals surface area contributed by atoms with E-state index >= 15 is 0 Å². The van der Waals surface area contributed by atoms with Crippen LogP contribution in [0, 0.1) is 5.41 Å². The van der Waals surface area contributed by atoms with Crippen LogP contribution in [0.5, 0.6) is 0 Å². The Kier molecular flexibility index (Phi) is 10.4. The van der Waals surface area contributed by atoms with Gasteiger partial charge in [0.15, 0.2) is 0 Å². The maximum absolute atomic E-state index is 5.62. The van der Waals surface area contributed by atoms with Gasteiger partial charge in [0.05, 0.1) is 6.61 Å². The largest absolute Gasteiger partial charge is 0.381 e. The lowest BCUT2D eigenvalue weighted by molar-refractivity contribution is 0.143. The second kappa shape index (κ2) is 11.6. The van der Waals surface area contributed by atoms with E-state index in [-0.39, 0.29) is 0 Å². The van der Waals surface area contributed by atoms with Gasteiger partial charge >= 0.3 is 0 Å². The van der Waals surface area contributed by atoms with Crippen LogP contribution in [-0.2, 0) is 4.74 Å². The minimum atomic E-state index is 0.453. The zero-order valence-electron chi connectivity index (χ0n) is 14.0. The van der Waals surface area contributed by atoms with Crippen LogP contribution < -0.4 is 5.32 Å². The quantitative estimate of drug-likeness (QED) is 0.484. The molecule has 1 heterocycles. The van der Waals surface area contributed by atoms with Gasteiger partial charge in [0.2, 0.25) is 0 Å². The summed E-state index contributed by atoms with van der Waals surface area (Å²) in [6, 6.07) is 0. The van der Waals surface area contributed by atoms with Crippen molar-refractivity contribution in [2.75, 3.05) is 26.8 Å². The molecular weight excluding hydrogens is 246 g/mol. The Bertz CT molecular complexity index is 211. The van der Waals surface area contributed by atoms with Crippen LogP contribution in [0.3, 0.4) is 0 Å². The molecule has 0 aliphatic carbocycles. The molecule has 1 aliphatic rings. The van der Waals surface area contributed by atoms with E-state index in [1.54, 1.807) is 0 Å². The van der Waals surface area contributed by atoms with Crippen LogP contribution in [0.15, 0.2) is 0 Å². The van der Waals surface area contributed by atoms with Crippen molar-refractivity contribution in [2.24, 2.45) is 5.41 Å². The zero-order valence-corrected chi connectivity index (χ0v) is 14.0. The molecule has 0 saturated carbocycles. The highest BCUT2D eigenvalue weighted by Gasteiger charge is 2.33. The van der Waals surface area contributed by atoms with Crippen molar-refractivity contribution in [3.05, 3.63) is 0 Å². The highest BCUT2D eigenvalue weighted by Crippen LogP contribution is 2.33. The van der Waals surface area contributed by atoms with Crippen molar-refractivity contribution in [1.29, 1.82) is 0 Å². The zero-order chi connectivity index (χ0) is 14.5. The van der Waals surface area contributed by atoms with Gasteiger partial charge in [0.1, 0.15) is 0 Å². The number of rotatable bonds is 13. The molecule has 20 heavy (non-hydrogen) atoms. The molecule has 120 valence electrons. The van der Waals surface area contributed by atoms with E-state index in [0.717, 1.165) is 19.8 Å². The van der Waals surface area contributed by atoms with E-state index in [4.69, 9.17) is 4.74 Å². The second-order valence-electron chi connectivity index (χ2n) is 6.76. The molecule has 1 unspecified atom stereocenters. The van der Waals surface area contributed by atoms with E-state index in [1.165, 1.54) is 77.0 Å². The number of hydrogen-bond donors (Lipinski definition) is 1. The molecule has 1 N–H and O–H groups in total. The molecule has 1 fully saturated rings. The van der Waals surface area contributed by atoms with E-state index < -0.39 is 0 Å². The molecule has 0 amide bonds. The maximum atomic E-state index is 5.62. The summed E-state index contributed by atoms with van der Waals surface area (Å²) in [5, 5.41) is 3.36. The number of hydrogen-bond acceptors (Lipinski definition) is 2. The maximum Gasteiger partial charge on any atom is 0.0535 e. The molecule has 1 rings (SSSR count). The van der Waals surface area contributed by atoms with Crippen LogP contribution in [0.1, 0.15) is 84.0 Å². The van der Waals surface area contributed by atoms with E-state index in [1.807, 2.05) is 0 Å². The Morgan fingerprint density at radius 3 is 2.00 bits per heavy atom. The van der Waals surface area contributed by atoms with Crippen molar-refractivity contribution in [1.82, 2.24) is 5.32 Å². The van der Waals surface area contributed by atoms with Gasteiger partial charge in [0.25, 0.3) is 0 Å². The molecule has 0 radical (unpaired) electrons. The van der Waals surface area contributed by atoms with Gasteiger partial charge in [-0.05, 0) is 19.9 Å². The number of ether oxygens (including phenoxy) is 1. The lowest BCUT2D eigenvalue weighted by Gasteiger charge is -2.27. The minimum Gasteiger partial charge on any atom is -0.381 e. The Balaban J connectivity index is 1.91. The van der Waals surface area contributed by atoms with Crippen LogP contribution in [-0.4, -0.2) is 26.8 Å². The molecule has 1 atom stereocenters. The highest BCUT2D eigenvalue weighted by atomic mass is 16.5. The topological polar surface area (TPSA) is 21.3 Å². The first kappa shape index (κ1) is 18.0. The first-order valence-electron chi connectivity index (χ1n) is 9.05. The third-order valence-electron chi connectivity index (χ3n) is 4.80. The summed E-state index contributed by atoms with van der Waals surface area (Å²) in [5.74, 6) is 0. The molecule has 1 saturated heterocycles. The number of unbranched alkanes of at least 4 members (excludes halogenated alkanes) is 9. The lowest BCUT2D eigenvalue weighted by atomic mass is 9.81. The smallest absolute Gasteiger partial charge is 0.0535 e. The fraction of sp³-hybridized carbons (Fsp3) is 1.00. The first-order chi connectivity index (χ1) is 9.83. The lowest BCUT2D eigenvalue weighted by Crippen LogP contribution is -2.33. The predicted molar refractivity (Wildman–Crippen MR) is 88.3 cm³/mol. The second-order valence-corrected chi connectivity index (χ2v) is 6.76. The number of nitrogens with one attached hydrogen (secondary N) is 1. The average Bonchev–Trinajstić information content (AvgIpc) is 2.90. The monoisotopic (exact) mass is 283 g/mol. The molecule has 2 nitrogen and oxygen atoms in total. The fourth-order valence-corrected chi connectivity index (χ4v) is 3.44. The van der Waals surface area contributed by atoms with Crippen LogP contribution in [0.4, 0.5) is 0 Å². The molecule has 0 aromatic rings. The summed E-state index contributed by atoms with van der Waals surface area (Å²) in [6.45, 7) is 5.37. The van der Waals surface area contributed by atoms with Gasteiger partial charge in [0, 0.05) is 18.6 Å². The van der Waals surface area contributed by atoms with Gasteiger partial charge in [-0.2, -0.15) is 0 Å². The summed E-state index contributed by atoms with van der Waals surface area (Å²) < 4.78 is 5.62. The summed E-state index contributed by atoms with van der Waals surface area (Å²) in [7, 11) is 2.07. The van der Waals surface area contributed by atoms with Crippen molar-refractivity contribution in [3.8, 4) is 0 Å². The normalized spacial score (nSPS) is 22.5. The Morgan fingerprint density at radius 1 is 0.900 bits per heavy atom. The minimum absolute atomic E-state index is 0.453. The summed E-state index contributed by atoms with van der Waals surface area (Å²) in [5.41, 5.74) is 0.453. The summed E-state index contributed by atoms with van der Waals surface area (Å²) in [4.78, 5) is 0. The molecule has 0 aromatic heterocycles. The Morgan fingerprint density at radius 2 is 1.50 bits per heavy atom. The SMILES string of the molecule is CCCCCCCCCCCCC1(CNC)CCOC1. The van der Waals surface area contributed by atoms with Crippen LogP contribution >= 0.6 is 0 Å². The third-order valence-corrected chi connectivity index (χ3v) is 4.80. The third kappa shape index (κ3) is 7.64. The standard InChI is InChI=1S/C18H37NO/c1-3-4-5-6-7-8-9-10-11-12-13-18(16-19-2)14-15-20-17-18/h19H,3-17H2,1-2H3. The van der Waals surface area contributed by atoms with E-state index in [9.17, 15) is 0 Å². The van der Waals surface area contributed by atoms with Crippen LogP contribution in [0.2, 0.25) is 0 Å². The van der Waals surface area contributed by atoms with Crippen molar-refractivity contribution in [3.63, 3.8) is 0 Å². The fourth-order valence-electron chi connectivity index (χ4n) is 3.44. The van der Waals surface area contributed by atoms with Crippen molar-refractivity contribution in [2.45, 2.75) is 84.0 Å². The average molecular weight is 284 g/mol. The molecular formula is C18H37NO. The van der Waals surface area contributed by atoms with Crippen molar-refractivity contribution < 1.29 is 4.74 Å². The predicted octanol–water partition coefficient (Wildman–Crippen LogP) is 4.92. The van der Waals surface area contributed by atoms with Gasteiger partial charge < -0.3 is 10.1 Å². The van der Waals surface area contributed by atoms with Gasteiger partial charge in [-0.25, -0.2) is 0 Å². The van der Waals surface area contributed by atoms with Gasteiger partial charge in [-0.1, -0.05) is 71.1 Å². The van der Waals surface area contributed by atoms with Crippen molar-refractivity contribution >= 4 is 0 Å². The Hall–Kier alpha value is -0.0800. The van der Waals surface area contributed by atoms with Crippen LogP contribution in [0.25, 0.3) is 0 Å². The molecule has 2 heteroatoms. The highest BCUT2D eigenvalue weighted by molar-refractivity contribution is 4.84. The van der Waals surface area contributed by atoms with Gasteiger partial charge in [-0.3, -0.25) is 0 Å². The summed E-state index contributed by atoms with van der Waals surface area (Å²) >= 11 is 0. The molecule has 0 aromatic carbocycles. The molecule has 0 bridgehead atoms. The van der Waals surface area contributed by atoms with E-state index in [0.29, 0.717) is 5.41 Å².